The molecule has 0 amide bonds. The Balaban J connectivity index is 1.71. The first kappa shape index (κ1) is 16.4. The zero-order valence-corrected chi connectivity index (χ0v) is 14.2. The van der Waals surface area contributed by atoms with Crippen molar-refractivity contribution in [1.29, 1.82) is 0 Å². The van der Waals surface area contributed by atoms with Crippen LogP contribution in [0.4, 0.5) is 5.69 Å². The van der Waals surface area contributed by atoms with Crippen LogP contribution in [-0.2, 0) is 6.54 Å². The van der Waals surface area contributed by atoms with Crippen molar-refractivity contribution in [2.75, 3.05) is 26.2 Å². The highest BCUT2D eigenvalue weighted by atomic mass is 16.6. The van der Waals surface area contributed by atoms with Crippen LogP contribution in [0.1, 0.15) is 50.2 Å². The molecular weight excluding hydrogens is 290 g/mol. The third-order valence-electron chi connectivity index (χ3n) is 5.50. The monoisotopic (exact) mass is 317 g/mol. The number of piperidine rings is 1. The van der Waals surface area contributed by atoms with E-state index < -0.39 is 0 Å². The molecule has 2 fully saturated rings. The van der Waals surface area contributed by atoms with Gasteiger partial charge in [-0.25, -0.2) is 0 Å². The predicted octanol–water partition coefficient (Wildman–Crippen LogP) is 3.29. The Bertz CT molecular complexity index is 580. The molecule has 2 saturated heterocycles. The van der Waals surface area contributed by atoms with E-state index in [-0.39, 0.29) is 16.5 Å². The fraction of sp³-hybridized carbons (Fsp3) is 0.667. The van der Waals surface area contributed by atoms with Gasteiger partial charge in [0.2, 0.25) is 0 Å². The Hall–Kier alpha value is -1.46. The number of nitrogens with zero attached hydrogens (tertiary/aromatic N) is 2. The standard InChI is InChI=1S/C18H27N3O2/c1-14(2)16-4-3-15(11-17(16)21(22)23)12-20-10-7-18(13-20)5-8-19-9-6-18/h3-4,11,14,19H,5-10,12-13H2,1-2H3. The highest BCUT2D eigenvalue weighted by Gasteiger charge is 2.38. The third kappa shape index (κ3) is 3.56. The van der Waals surface area contributed by atoms with Crippen molar-refractivity contribution in [3.63, 3.8) is 0 Å². The smallest absolute Gasteiger partial charge is 0.273 e. The molecule has 1 spiro atoms. The molecule has 2 heterocycles. The van der Waals surface area contributed by atoms with Gasteiger partial charge in [-0.05, 0) is 55.8 Å². The Labute approximate surface area is 138 Å². The molecule has 5 heteroatoms. The van der Waals surface area contributed by atoms with E-state index in [4.69, 9.17) is 0 Å². The topological polar surface area (TPSA) is 58.4 Å². The van der Waals surface area contributed by atoms with Crippen molar-refractivity contribution < 1.29 is 4.92 Å². The number of rotatable bonds is 4. The second-order valence-electron chi connectivity index (χ2n) is 7.52. The summed E-state index contributed by atoms with van der Waals surface area (Å²) in [6.45, 7) is 9.33. The predicted molar refractivity (Wildman–Crippen MR) is 91.6 cm³/mol. The number of likely N-dealkylation sites (tertiary alicyclic amines) is 1. The fourth-order valence-electron chi connectivity index (χ4n) is 4.12. The molecule has 1 aromatic rings. The highest BCUT2D eigenvalue weighted by Crippen LogP contribution is 2.39. The molecule has 0 radical (unpaired) electrons. The number of nitro groups is 1. The van der Waals surface area contributed by atoms with Crippen LogP contribution in [0.5, 0.6) is 0 Å². The highest BCUT2D eigenvalue weighted by molar-refractivity contribution is 5.45. The second-order valence-corrected chi connectivity index (χ2v) is 7.52. The van der Waals surface area contributed by atoms with E-state index in [9.17, 15) is 10.1 Å². The molecule has 0 aromatic heterocycles. The maximum Gasteiger partial charge on any atom is 0.273 e. The average molecular weight is 317 g/mol. The van der Waals surface area contributed by atoms with Gasteiger partial charge in [0, 0.05) is 24.7 Å². The van der Waals surface area contributed by atoms with Crippen LogP contribution in [0.3, 0.4) is 0 Å². The van der Waals surface area contributed by atoms with Crippen molar-refractivity contribution in [1.82, 2.24) is 10.2 Å². The van der Waals surface area contributed by atoms with Crippen LogP contribution < -0.4 is 5.32 Å². The molecule has 0 atom stereocenters. The molecule has 1 N–H and O–H groups in total. The lowest BCUT2D eigenvalue weighted by Crippen LogP contribution is -2.38. The van der Waals surface area contributed by atoms with Crippen molar-refractivity contribution in [2.24, 2.45) is 5.41 Å². The largest absolute Gasteiger partial charge is 0.317 e. The van der Waals surface area contributed by atoms with Crippen LogP contribution in [0.25, 0.3) is 0 Å². The molecule has 0 saturated carbocycles. The van der Waals surface area contributed by atoms with Crippen molar-refractivity contribution in [3.05, 3.63) is 39.4 Å². The van der Waals surface area contributed by atoms with E-state index in [0.29, 0.717) is 5.41 Å². The molecule has 0 unspecified atom stereocenters. The normalized spacial score (nSPS) is 21.2. The molecule has 0 bridgehead atoms. The first-order valence-electron chi connectivity index (χ1n) is 8.69. The molecule has 23 heavy (non-hydrogen) atoms. The van der Waals surface area contributed by atoms with Crippen LogP contribution in [0.15, 0.2) is 18.2 Å². The summed E-state index contributed by atoms with van der Waals surface area (Å²) in [7, 11) is 0. The third-order valence-corrected chi connectivity index (χ3v) is 5.50. The summed E-state index contributed by atoms with van der Waals surface area (Å²) in [5, 5.41) is 14.8. The first-order valence-corrected chi connectivity index (χ1v) is 8.69. The van der Waals surface area contributed by atoms with Crippen LogP contribution >= 0.6 is 0 Å². The van der Waals surface area contributed by atoms with Gasteiger partial charge in [0.25, 0.3) is 5.69 Å². The second kappa shape index (κ2) is 6.57. The molecule has 0 aliphatic carbocycles. The summed E-state index contributed by atoms with van der Waals surface area (Å²) < 4.78 is 0. The summed E-state index contributed by atoms with van der Waals surface area (Å²) >= 11 is 0. The average Bonchev–Trinajstić information content (AvgIpc) is 2.89. The van der Waals surface area contributed by atoms with E-state index in [2.05, 4.69) is 16.3 Å². The van der Waals surface area contributed by atoms with E-state index in [1.54, 1.807) is 6.07 Å². The maximum absolute atomic E-state index is 11.3. The van der Waals surface area contributed by atoms with Gasteiger partial charge in [-0.2, -0.15) is 0 Å². The molecule has 2 aliphatic heterocycles. The van der Waals surface area contributed by atoms with Gasteiger partial charge in [0.1, 0.15) is 0 Å². The molecule has 2 aliphatic rings. The summed E-state index contributed by atoms with van der Waals surface area (Å²) in [6.07, 6.45) is 3.78. The van der Waals surface area contributed by atoms with Crippen LogP contribution in [-0.4, -0.2) is 36.0 Å². The first-order chi connectivity index (χ1) is 11.0. The SMILES string of the molecule is CC(C)c1ccc(CN2CCC3(CCNCC3)C2)cc1[N+](=O)[O-]. The van der Waals surface area contributed by atoms with Crippen molar-refractivity contribution in [2.45, 2.75) is 45.6 Å². The minimum Gasteiger partial charge on any atom is -0.317 e. The maximum atomic E-state index is 11.3. The zero-order chi connectivity index (χ0) is 16.4. The van der Waals surface area contributed by atoms with Gasteiger partial charge >= 0.3 is 0 Å². The summed E-state index contributed by atoms with van der Waals surface area (Å²) in [6, 6.07) is 5.78. The van der Waals surface area contributed by atoms with Gasteiger partial charge < -0.3 is 5.32 Å². The van der Waals surface area contributed by atoms with Crippen molar-refractivity contribution >= 4 is 5.69 Å². The Morgan fingerprint density at radius 2 is 2.04 bits per heavy atom. The minimum absolute atomic E-state index is 0.175. The van der Waals surface area contributed by atoms with E-state index in [1.165, 1.54) is 19.3 Å². The van der Waals surface area contributed by atoms with Gasteiger partial charge in [-0.1, -0.05) is 26.0 Å². The lowest BCUT2D eigenvalue weighted by atomic mass is 9.78. The lowest BCUT2D eigenvalue weighted by molar-refractivity contribution is -0.385. The number of benzene rings is 1. The Morgan fingerprint density at radius 1 is 1.30 bits per heavy atom. The minimum atomic E-state index is -0.239. The summed E-state index contributed by atoms with van der Waals surface area (Å²) in [5.74, 6) is 0.175. The zero-order valence-electron chi connectivity index (χ0n) is 14.2. The Morgan fingerprint density at radius 3 is 2.70 bits per heavy atom. The van der Waals surface area contributed by atoms with Crippen LogP contribution in [0.2, 0.25) is 0 Å². The molecule has 5 nitrogen and oxygen atoms in total. The van der Waals surface area contributed by atoms with Gasteiger partial charge in [0.15, 0.2) is 0 Å². The number of hydrogen-bond donors (Lipinski definition) is 1. The van der Waals surface area contributed by atoms with Crippen molar-refractivity contribution in [3.8, 4) is 0 Å². The van der Waals surface area contributed by atoms with Crippen LogP contribution in [0, 0.1) is 15.5 Å². The van der Waals surface area contributed by atoms with E-state index >= 15 is 0 Å². The van der Waals surface area contributed by atoms with Gasteiger partial charge in [0.05, 0.1) is 4.92 Å². The lowest BCUT2D eigenvalue weighted by Gasteiger charge is -2.33. The quantitative estimate of drug-likeness (QED) is 0.684. The van der Waals surface area contributed by atoms with E-state index in [1.807, 2.05) is 19.9 Å². The molecule has 1 aromatic carbocycles. The fourth-order valence-corrected chi connectivity index (χ4v) is 4.12. The van der Waals surface area contributed by atoms with Gasteiger partial charge in [-0.15, -0.1) is 0 Å². The summed E-state index contributed by atoms with van der Waals surface area (Å²) in [5.41, 5.74) is 2.64. The molecular formula is C18H27N3O2. The number of nitrogens with one attached hydrogen (secondary N) is 1. The number of nitro benzene ring substituents is 1. The van der Waals surface area contributed by atoms with Gasteiger partial charge in [-0.3, -0.25) is 15.0 Å². The summed E-state index contributed by atoms with van der Waals surface area (Å²) in [4.78, 5) is 13.6. The number of hydrogen-bond acceptors (Lipinski definition) is 4. The van der Waals surface area contributed by atoms with E-state index in [0.717, 1.165) is 43.9 Å². The molecule has 126 valence electrons. The molecule has 3 rings (SSSR count). The Kier molecular flexibility index (Phi) is 4.69.